The Hall–Kier alpha value is -1.35. The number of aliphatic imine (C=N–C) groups is 1. The fraction of sp³-hybridized carbons (Fsp3) is 0.682. The third-order valence-electron chi connectivity index (χ3n) is 4.39. The molecule has 142 valence electrons. The monoisotopic (exact) mass is 346 g/mol. The van der Waals surface area contributed by atoms with Crippen molar-refractivity contribution < 1.29 is 5.11 Å². The van der Waals surface area contributed by atoms with Gasteiger partial charge in [-0.05, 0) is 62.4 Å². The van der Waals surface area contributed by atoms with Crippen LogP contribution in [0.4, 0.5) is 0 Å². The summed E-state index contributed by atoms with van der Waals surface area (Å²) in [4.78, 5) is 6.85. The molecular weight excluding hydrogens is 308 g/mol. The number of hydrogen-bond acceptors (Lipinski definition) is 3. The number of unbranched alkanes of at least 4 members (excludes halogenated alkanes) is 2. The summed E-state index contributed by atoms with van der Waals surface area (Å²) in [6.45, 7) is 10.6. The van der Waals surface area contributed by atoms with Gasteiger partial charge in [0.25, 0.3) is 0 Å². The molecule has 0 atom stereocenters. The zero-order chi connectivity index (χ0) is 18.9. The Morgan fingerprint density at radius 1 is 1.08 bits per heavy atom. The van der Waals surface area contributed by atoms with Gasteiger partial charge >= 0.3 is 0 Å². The number of rotatable bonds is 11. The van der Waals surface area contributed by atoms with Gasteiger partial charge in [-0.15, -0.1) is 0 Å². The van der Waals surface area contributed by atoms with Gasteiger partial charge in [0.15, 0.2) is 0 Å². The largest absolute Gasteiger partial charge is 0.507 e. The van der Waals surface area contributed by atoms with Gasteiger partial charge < -0.3 is 10.0 Å². The van der Waals surface area contributed by atoms with E-state index >= 15 is 0 Å². The lowest BCUT2D eigenvalue weighted by atomic mass is 9.93. The fourth-order valence-electron chi connectivity index (χ4n) is 3.27. The molecule has 0 spiro atoms. The van der Waals surface area contributed by atoms with E-state index in [4.69, 9.17) is 0 Å². The first-order chi connectivity index (χ1) is 11.8. The molecule has 0 aliphatic heterocycles. The third-order valence-corrected chi connectivity index (χ3v) is 4.39. The van der Waals surface area contributed by atoms with Crippen LogP contribution in [0.15, 0.2) is 17.1 Å². The molecule has 0 unspecified atom stereocenters. The van der Waals surface area contributed by atoms with Gasteiger partial charge in [0, 0.05) is 24.9 Å². The van der Waals surface area contributed by atoms with Gasteiger partial charge in [-0.25, -0.2) is 0 Å². The lowest BCUT2D eigenvalue weighted by Crippen LogP contribution is -2.30. The average Bonchev–Trinajstić information content (AvgIpc) is 2.52. The van der Waals surface area contributed by atoms with E-state index in [9.17, 15) is 5.11 Å². The topological polar surface area (TPSA) is 35.8 Å². The van der Waals surface area contributed by atoms with Crippen LogP contribution in [0.2, 0.25) is 0 Å². The van der Waals surface area contributed by atoms with Crippen molar-refractivity contribution >= 4 is 6.21 Å². The first-order valence-corrected chi connectivity index (χ1v) is 9.78. The van der Waals surface area contributed by atoms with Gasteiger partial charge in [0.2, 0.25) is 0 Å². The molecule has 0 bridgehead atoms. The maximum Gasteiger partial charge on any atom is 0.127 e. The van der Waals surface area contributed by atoms with Crippen molar-refractivity contribution in [2.75, 3.05) is 27.2 Å². The molecule has 25 heavy (non-hydrogen) atoms. The van der Waals surface area contributed by atoms with Crippen LogP contribution in [-0.4, -0.2) is 43.4 Å². The van der Waals surface area contributed by atoms with Crippen molar-refractivity contribution in [1.29, 1.82) is 0 Å². The Balaban J connectivity index is 2.96. The second-order valence-corrected chi connectivity index (χ2v) is 8.27. The highest BCUT2D eigenvalue weighted by atomic mass is 16.3. The summed E-state index contributed by atoms with van der Waals surface area (Å²) < 4.78 is 0. The number of aryl methyl sites for hydroxylation is 2. The maximum atomic E-state index is 10.6. The summed E-state index contributed by atoms with van der Waals surface area (Å²) in [6.07, 6.45) is 8.51. The molecular formula is C22H38N2O. The molecule has 0 radical (unpaired) electrons. The van der Waals surface area contributed by atoms with Crippen LogP contribution in [0.1, 0.15) is 70.1 Å². The van der Waals surface area contributed by atoms with Gasteiger partial charge in [-0.2, -0.15) is 0 Å². The molecule has 1 N–H and O–H groups in total. The van der Waals surface area contributed by atoms with Crippen LogP contribution in [0, 0.1) is 5.41 Å². The van der Waals surface area contributed by atoms with Crippen LogP contribution < -0.4 is 0 Å². The predicted molar refractivity (Wildman–Crippen MR) is 110 cm³/mol. The van der Waals surface area contributed by atoms with E-state index in [1.165, 1.54) is 18.4 Å². The summed E-state index contributed by atoms with van der Waals surface area (Å²) >= 11 is 0. The number of benzene rings is 1. The van der Waals surface area contributed by atoms with Crippen LogP contribution >= 0.6 is 0 Å². The molecule has 0 fully saturated rings. The molecule has 0 heterocycles. The standard InChI is InChI=1S/C22H38N2O/c1-7-9-11-18-13-19(12-10-8-2)21(25)20(14-18)15-23-16-22(3,4)17-24(5)6/h13-15,25H,7-12,16-17H2,1-6H3. The normalized spacial score (nSPS) is 12.4. The SMILES string of the molecule is CCCCc1cc(C=NCC(C)(C)CN(C)C)c(O)c(CCCC)c1. The highest BCUT2D eigenvalue weighted by Crippen LogP contribution is 2.26. The molecule has 0 aliphatic rings. The summed E-state index contributed by atoms with van der Waals surface area (Å²) in [6, 6.07) is 4.30. The highest BCUT2D eigenvalue weighted by molar-refractivity contribution is 5.84. The maximum absolute atomic E-state index is 10.6. The van der Waals surface area contributed by atoms with Crippen molar-refractivity contribution in [2.45, 2.75) is 66.2 Å². The lowest BCUT2D eigenvalue weighted by Gasteiger charge is -2.26. The first-order valence-electron chi connectivity index (χ1n) is 9.78. The highest BCUT2D eigenvalue weighted by Gasteiger charge is 2.18. The molecule has 1 rings (SSSR count). The van der Waals surface area contributed by atoms with E-state index in [1.54, 1.807) is 0 Å². The van der Waals surface area contributed by atoms with Crippen molar-refractivity contribution in [2.24, 2.45) is 10.4 Å². The van der Waals surface area contributed by atoms with E-state index in [0.29, 0.717) is 5.75 Å². The minimum Gasteiger partial charge on any atom is -0.507 e. The number of aromatic hydroxyl groups is 1. The van der Waals surface area contributed by atoms with Crippen LogP contribution in [-0.2, 0) is 12.8 Å². The van der Waals surface area contributed by atoms with Crippen molar-refractivity contribution in [1.82, 2.24) is 4.90 Å². The van der Waals surface area contributed by atoms with E-state index in [1.807, 2.05) is 6.21 Å². The van der Waals surface area contributed by atoms with E-state index < -0.39 is 0 Å². The van der Waals surface area contributed by atoms with Crippen molar-refractivity contribution in [3.8, 4) is 5.75 Å². The Kier molecular flexibility index (Phi) is 9.20. The summed E-state index contributed by atoms with van der Waals surface area (Å²) in [5.41, 5.74) is 3.39. The third kappa shape index (κ3) is 8.04. The second-order valence-electron chi connectivity index (χ2n) is 8.27. The number of nitrogens with zero attached hydrogens (tertiary/aromatic N) is 2. The van der Waals surface area contributed by atoms with E-state index in [2.05, 4.69) is 63.8 Å². The molecule has 1 aromatic carbocycles. The quantitative estimate of drug-likeness (QED) is 0.567. The Morgan fingerprint density at radius 3 is 2.32 bits per heavy atom. The summed E-state index contributed by atoms with van der Waals surface area (Å²) in [7, 11) is 4.18. The van der Waals surface area contributed by atoms with Crippen molar-refractivity contribution in [3.63, 3.8) is 0 Å². The van der Waals surface area contributed by atoms with Crippen LogP contribution in [0.25, 0.3) is 0 Å². The predicted octanol–water partition coefficient (Wildman–Crippen LogP) is 5.08. The van der Waals surface area contributed by atoms with E-state index in [-0.39, 0.29) is 5.41 Å². The second kappa shape index (κ2) is 10.6. The molecule has 0 amide bonds. The molecule has 1 aromatic rings. The molecule has 3 nitrogen and oxygen atoms in total. The fourth-order valence-corrected chi connectivity index (χ4v) is 3.27. The number of phenols is 1. The van der Waals surface area contributed by atoms with Crippen molar-refractivity contribution in [3.05, 3.63) is 28.8 Å². The number of hydrogen-bond donors (Lipinski definition) is 1. The van der Waals surface area contributed by atoms with E-state index in [0.717, 1.165) is 49.9 Å². The Morgan fingerprint density at radius 2 is 1.72 bits per heavy atom. The Bertz CT molecular complexity index is 547. The molecule has 0 aliphatic carbocycles. The molecule has 0 saturated carbocycles. The summed E-state index contributed by atoms with van der Waals surface area (Å²) in [5.74, 6) is 0.419. The van der Waals surface area contributed by atoms with Gasteiger partial charge in [-0.1, -0.05) is 46.6 Å². The molecule has 3 heteroatoms. The zero-order valence-electron chi connectivity index (χ0n) is 17.2. The van der Waals surface area contributed by atoms with Crippen LogP contribution in [0.3, 0.4) is 0 Å². The zero-order valence-corrected chi connectivity index (χ0v) is 17.2. The molecule has 0 saturated heterocycles. The minimum atomic E-state index is 0.125. The number of phenolic OH excluding ortho intramolecular Hbond substituents is 1. The first kappa shape index (κ1) is 21.7. The average molecular weight is 347 g/mol. The Labute approximate surface area is 155 Å². The molecule has 0 aromatic heterocycles. The van der Waals surface area contributed by atoms with Gasteiger partial charge in [0.05, 0.1) is 0 Å². The minimum absolute atomic E-state index is 0.125. The summed E-state index contributed by atoms with van der Waals surface area (Å²) in [5, 5.41) is 10.6. The van der Waals surface area contributed by atoms with Gasteiger partial charge in [-0.3, -0.25) is 4.99 Å². The van der Waals surface area contributed by atoms with Crippen LogP contribution in [0.5, 0.6) is 5.75 Å². The smallest absolute Gasteiger partial charge is 0.127 e. The van der Waals surface area contributed by atoms with Gasteiger partial charge in [0.1, 0.15) is 5.75 Å². The lowest BCUT2D eigenvalue weighted by molar-refractivity contribution is 0.249.